The number of hydrogen-bond donors (Lipinski definition) is 2. The minimum Gasteiger partial charge on any atom is -0.324 e. The molecule has 4 aromatic rings. The molecule has 5 rings (SSSR count). The quantitative estimate of drug-likeness (QED) is 0.391. The molecule has 1 aromatic carbocycles. The van der Waals surface area contributed by atoms with Crippen molar-refractivity contribution >= 4 is 22.7 Å². The summed E-state index contributed by atoms with van der Waals surface area (Å²) in [5.74, 6) is 0.462. The monoisotopic (exact) mass is 486 g/mol. The zero-order chi connectivity index (χ0) is 25.2. The summed E-state index contributed by atoms with van der Waals surface area (Å²) < 4.78 is 3.65. The molecule has 0 atom stereocenters. The predicted molar refractivity (Wildman–Crippen MR) is 143 cm³/mol. The van der Waals surface area contributed by atoms with Gasteiger partial charge in [-0.25, -0.2) is 14.3 Å². The molecule has 0 fully saturated rings. The number of nitrogens with one attached hydrogen (secondary N) is 2. The highest BCUT2D eigenvalue weighted by Crippen LogP contribution is 2.23. The summed E-state index contributed by atoms with van der Waals surface area (Å²) in [4.78, 5) is 29.6. The molecule has 1 aliphatic heterocycles. The molecular formula is C27H34N8O. The van der Waals surface area contributed by atoms with Gasteiger partial charge in [0.05, 0.1) is 11.4 Å². The maximum Gasteiger partial charge on any atom is 0.278 e. The summed E-state index contributed by atoms with van der Waals surface area (Å²) in [7, 11) is 0. The van der Waals surface area contributed by atoms with Crippen LogP contribution in [0.15, 0.2) is 47.5 Å². The Hall–Kier alpha value is -3.56. The lowest BCUT2D eigenvalue weighted by molar-refractivity contribution is 0.292. The number of anilines is 2. The number of rotatable bonds is 8. The van der Waals surface area contributed by atoms with Crippen molar-refractivity contribution in [1.29, 1.82) is 0 Å². The summed E-state index contributed by atoms with van der Waals surface area (Å²) in [6.07, 6.45) is 4.43. The van der Waals surface area contributed by atoms with Gasteiger partial charge in [-0.15, -0.1) is 0 Å². The third-order valence-electron chi connectivity index (χ3n) is 6.79. The Morgan fingerprint density at radius 2 is 1.94 bits per heavy atom. The largest absolute Gasteiger partial charge is 0.324 e. The highest BCUT2D eigenvalue weighted by Gasteiger charge is 2.20. The van der Waals surface area contributed by atoms with Crippen LogP contribution < -0.4 is 16.2 Å². The van der Waals surface area contributed by atoms with Crippen molar-refractivity contribution in [2.75, 3.05) is 25.0 Å². The maximum atomic E-state index is 13.4. The topological polar surface area (TPSA) is 92.9 Å². The molecule has 0 aliphatic carbocycles. The third kappa shape index (κ3) is 4.64. The number of hydrogen-bond acceptors (Lipinski definition) is 7. The van der Waals surface area contributed by atoms with Crippen LogP contribution in [0.2, 0.25) is 0 Å². The molecule has 0 spiro atoms. The highest BCUT2D eigenvalue weighted by molar-refractivity contribution is 5.77. The van der Waals surface area contributed by atoms with Gasteiger partial charge in [0.25, 0.3) is 5.56 Å². The van der Waals surface area contributed by atoms with E-state index in [1.54, 1.807) is 17.1 Å². The number of benzene rings is 1. The molecule has 9 heteroatoms. The van der Waals surface area contributed by atoms with Crippen LogP contribution >= 0.6 is 0 Å². The van der Waals surface area contributed by atoms with Gasteiger partial charge in [-0.2, -0.15) is 4.98 Å². The molecule has 0 unspecified atom stereocenters. The number of nitrogens with zero attached hydrogens (tertiary/aromatic N) is 6. The standard InChI is InChI=1S/C27H34N8O/c1-5-33(6-2)17-22-14-23(10-12-29-22)35-25-24(26(36)34(35)18(3)4)16-30-27(32-25)31-21-8-7-20-15-28-11-9-19(20)13-21/h7-8,10,12-14,16,18,28H,5-6,9,11,15,17H2,1-4H3,(H,30,31,32). The zero-order valence-corrected chi connectivity index (χ0v) is 21.5. The van der Waals surface area contributed by atoms with Crippen LogP contribution in [-0.2, 0) is 19.5 Å². The SMILES string of the molecule is CCN(CC)Cc1cc(-n2c3nc(Nc4ccc5c(c4)CCNC5)ncc3c(=O)n2C(C)C)ccn1. The summed E-state index contributed by atoms with van der Waals surface area (Å²) in [6.45, 7) is 12.8. The maximum absolute atomic E-state index is 13.4. The van der Waals surface area contributed by atoms with Crippen molar-refractivity contribution in [3.8, 4) is 5.69 Å². The van der Waals surface area contributed by atoms with Crippen LogP contribution in [-0.4, -0.2) is 48.8 Å². The molecule has 2 N–H and O–H groups in total. The van der Waals surface area contributed by atoms with Gasteiger partial charge >= 0.3 is 0 Å². The van der Waals surface area contributed by atoms with E-state index in [4.69, 9.17) is 4.98 Å². The smallest absolute Gasteiger partial charge is 0.278 e. The summed E-state index contributed by atoms with van der Waals surface area (Å²) in [6, 6.07) is 10.3. The molecule has 0 amide bonds. The van der Waals surface area contributed by atoms with Gasteiger partial charge in [0, 0.05) is 37.2 Å². The fourth-order valence-corrected chi connectivity index (χ4v) is 4.82. The van der Waals surface area contributed by atoms with Crippen molar-refractivity contribution < 1.29 is 0 Å². The van der Waals surface area contributed by atoms with E-state index in [0.29, 0.717) is 17.0 Å². The Morgan fingerprint density at radius 1 is 1.11 bits per heavy atom. The Labute approximate surface area is 211 Å². The van der Waals surface area contributed by atoms with Gasteiger partial charge in [0.1, 0.15) is 5.39 Å². The Bertz CT molecular complexity index is 1430. The molecule has 0 radical (unpaired) electrons. The molecule has 9 nitrogen and oxygen atoms in total. The fourth-order valence-electron chi connectivity index (χ4n) is 4.82. The molecule has 188 valence electrons. The van der Waals surface area contributed by atoms with Crippen LogP contribution in [0, 0.1) is 0 Å². The van der Waals surface area contributed by atoms with Crippen molar-refractivity contribution in [3.63, 3.8) is 0 Å². The molecule has 4 heterocycles. The Balaban J connectivity index is 1.57. The van der Waals surface area contributed by atoms with E-state index in [1.807, 2.05) is 36.7 Å². The normalized spacial score (nSPS) is 13.5. The fraction of sp³-hybridized carbons (Fsp3) is 0.407. The van der Waals surface area contributed by atoms with E-state index in [0.717, 1.165) is 56.2 Å². The second-order valence-electron chi connectivity index (χ2n) is 9.49. The van der Waals surface area contributed by atoms with Crippen molar-refractivity contribution in [2.24, 2.45) is 0 Å². The molecule has 0 bridgehead atoms. The minimum absolute atomic E-state index is 0.0586. The number of pyridine rings is 1. The predicted octanol–water partition coefficient (Wildman–Crippen LogP) is 3.79. The second kappa shape index (κ2) is 10.2. The van der Waals surface area contributed by atoms with E-state index >= 15 is 0 Å². The second-order valence-corrected chi connectivity index (χ2v) is 9.49. The first-order chi connectivity index (χ1) is 17.5. The first-order valence-corrected chi connectivity index (χ1v) is 12.8. The zero-order valence-electron chi connectivity index (χ0n) is 21.5. The molecule has 0 saturated carbocycles. The van der Waals surface area contributed by atoms with E-state index < -0.39 is 0 Å². The average molecular weight is 487 g/mol. The Morgan fingerprint density at radius 3 is 2.72 bits per heavy atom. The third-order valence-corrected chi connectivity index (χ3v) is 6.79. The van der Waals surface area contributed by atoms with Crippen LogP contribution in [0.1, 0.15) is 50.6 Å². The van der Waals surface area contributed by atoms with E-state index in [-0.39, 0.29) is 11.6 Å². The van der Waals surface area contributed by atoms with E-state index in [1.165, 1.54) is 11.1 Å². The van der Waals surface area contributed by atoms with E-state index in [2.05, 4.69) is 51.5 Å². The Kier molecular flexibility index (Phi) is 6.84. The van der Waals surface area contributed by atoms with Crippen molar-refractivity contribution in [1.82, 2.24) is 34.5 Å². The molecular weight excluding hydrogens is 452 g/mol. The van der Waals surface area contributed by atoms with Gasteiger partial charge < -0.3 is 10.6 Å². The van der Waals surface area contributed by atoms with E-state index in [9.17, 15) is 4.79 Å². The lowest BCUT2D eigenvalue weighted by Crippen LogP contribution is -2.25. The first kappa shape index (κ1) is 24.1. The van der Waals surface area contributed by atoms with Gasteiger partial charge in [0.2, 0.25) is 5.95 Å². The molecule has 3 aromatic heterocycles. The van der Waals surface area contributed by atoms with Crippen LogP contribution in [0.3, 0.4) is 0 Å². The number of fused-ring (bicyclic) bond motifs is 2. The van der Waals surface area contributed by atoms with Crippen LogP contribution in [0.4, 0.5) is 11.6 Å². The lowest BCUT2D eigenvalue weighted by Gasteiger charge is -2.19. The molecule has 1 aliphatic rings. The number of aromatic nitrogens is 5. The van der Waals surface area contributed by atoms with Crippen molar-refractivity contribution in [3.05, 3.63) is 69.9 Å². The molecule has 36 heavy (non-hydrogen) atoms. The van der Waals surface area contributed by atoms with Gasteiger partial charge in [-0.1, -0.05) is 19.9 Å². The highest BCUT2D eigenvalue weighted by atomic mass is 16.1. The van der Waals surface area contributed by atoms with Gasteiger partial charge in [-0.3, -0.25) is 14.7 Å². The van der Waals surface area contributed by atoms with Crippen molar-refractivity contribution in [2.45, 2.75) is 53.2 Å². The van der Waals surface area contributed by atoms with Gasteiger partial charge in [0.15, 0.2) is 5.65 Å². The lowest BCUT2D eigenvalue weighted by atomic mass is 10.0. The van der Waals surface area contributed by atoms with Crippen LogP contribution in [0.5, 0.6) is 0 Å². The van der Waals surface area contributed by atoms with Crippen LogP contribution in [0.25, 0.3) is 16.7 Å². The minimum atomic E-state index is -0.102. The summed E-state index contributed by atoms with van der Waals surface area (Å²) in [5.41, 5.74) is 5.89. The average Bonchev–Trinajstić information content (AvgIpc) is 3.19. The first-order valence-electron chi connectivity index (χ1n) is 12.8. The summed E-state index contributed by atoms with van der Waals surface area (Å²) in [5, 5.41) is 7.25. The van der Waals surface area contributed by atoms with Gasteiger partial charge in [-0.05, 0) is 75.3 Å². The summed E-state index contributed by atoms with van der Waals surface area (Å²) >= 11 is 0. The molecule has 0 saturated heterocycles.